The van der Waals surface area contributed by atoms with Crippen LogP contribution in [0.2, 0.25) is 0 Å². The van der Waals surface area contributed by atoms with Gasteiger partial charge in [-0.3, -0.25) is 4.57 Å². The third-order valence-electron chi connectivity index (χ3n) is 2.39. The van der Waals surface area contributed by atoms with Crippen LogP contribution in [-0.2, 0) is 13.6 Å². The van der Waals surface area contributed by atoms with E-state index in [0.717, 1.165) is 29.0 Å². The van der Waals surface area contributed by atoms with Gasteiger partial charge in [-0.05, 0) is 61.3 Å². The summed E-state index contributed by atoms with van der Waals surface area (Å²) in [6.45, 7) is 8.75. The van der Waals surface area contributed by atoms with Crippen molar-refractivity contribution in [3.05, 3.63) is 8.89 Å². The smallest absolute Gasteiger partial charge is 0.305 e. The summed E-state index contributed by atoms with van der Waals surface area (Å²) in [6.07, 6.45) is 4.15. The van der Waals surface area contributed by atoms with Crippen LogP contribution in [0.4, 0.5) is 0 Å². The van der Waals surface area contributed by atoms with Gasteiger partial charge < -0.3 is 9.05 Å². The average molecular weight is 374 g/mol. The monoisotopic (exact) mass is 374 g/mol. The van der Waals surface area contributed by atoms with E-state index in [4.69, 9.17) is 9.05 Å². The van der Waals surface area contributed by atoms with Gasteiger partial charge in [0.15, 0.2) is 0 Å². The first-order valence-electron chi connectivity index (χ1n) is 6.32. The molecule has 0 saturated heterocycles. The zero-order chi connectivity index (χ0) is 13.3. The van der Waals surface area contributed by atoms with E-state index in [-0.39, 0.29) is 0 Å². The molecule has 0 aromatic carbocycles. The van der Waals surface area contributed by atoms with Crippen LogP contribution in [0.3, 0.4) is 0 Å². The molecule has 0 fully saturated rings. The Morgan fingerprint density at radius 3 is 2.00 bits per heavy atom. The van der Waals surface area contributed by atoms with Gasteiger partial charge in [0.25, 0.3) is 0 Å². The van der Waals surface area contributed by atoms with Crippen molar-refractivity contribution < 1.29 is 13.6 Å². The molecule has 0 heterocycles. The fraction of sp³-hybridized carbons (Fsp3) is 0.833. The summed E-state index contributed by atoms with van der Waals surface area (Å²) in [6, 6.07) is 0. The molecule has 0 radical (unpaired) electrons. The van der Waals surface area contributed by atoms with Crippen molar-refractivity contribution in [2.75, 3.05) is 13.2 Å². The Morgan fingerprint density at radius 2 is 1.65 bits per heavy atom. The number of rotatable bonds is 9. The quantitative estimate of drug-likeness (QED) is 0.395. The molecular formula is C12H24IO3P. The van der Waals surface area contributed by atoms with E-state index in [1.807, 2.05) is 13.8 Å². The fourth-order valence-corrected chi connectivity index (χ4v) is 4.63. The van der Waals surface area contributed by atoms with Gasteiger partial charge in [-0.15, -0.1) is 0 Å². The molecule has 0 aliphatic rings. The lowest BCUT2D eigenvalue weighted by molar-refractivity contribution is 0.228. The van der Waals surface area contributed by atoms with Crippen molar-refractivity contribution in [3.8, 4) is 0 Å². The Morgan fingerprint density at radius 1 is 1.12 bits per heavy atom. The minimum absolute atomic E-state index is 0.411. The van der Waals surface area contributed by atoms with Gasteiger partial charge in [0.2, 0.25) is 0 Å². The van der Waals surface area contributed by atoms with Crippen molar-refractivity contribution in [1.82, 2.24) is 0 Å². The first-order chi connectivity index (χ1) is 8.05. The van der Waals surface area contributed by atoms with Gasteiger partial charge in [-0.25, -0.2) is 0 Å². The molecule has 17 heavy (non-hydrogen) atoms. The van der Waals surface area contributed by atoms with Crippen LogP contribution in [0.15, 0.2) is 8.89 Å². The third kappa shape index (κ3) is 5.86. The summed E-state index contributed by atoms with van der Waals surface area (Å²) < 4.78 is 24.1. The van der Waals surface area contributed by atoms with E-state index in [0.29, 0.717) is 13.2 Å². The van der Waals surface area contributed by atoms with E-state index in [1.165, 1.54) is 5.57 Å². The molecule has 0 aliphatic heterocycles. The van der Waals surface area contributed by atoms with Crippen molar-refractivity contribution >= 4 is 30.2 Å². The molecule has 0 aromatic rings. The second kappa shape index (κ2) is 9.54. The minimum Gasteiger partial charge on any atom is -0.305 e. The predicted octanol–water partition coefficient (Wildman–Crippen LogP) is 5.50. The first kappa shape index (κ1) is 17.6. The highest BCUT2D eigenvalue weighted by Crippen LogP contribution is 2.60. The van der Waals surface area contributed by atoms with E-state index < -0.39 is 7.60 Å². The normalized spacial score (nSPS) is 13.7. The molecule has 5 heteroatoms. The van der Waals surface area contributed by atoms with Crippen molar-refractivity contribution in [3.63, 3.8) is 0 Å². The summed E-state index contributed by atoms with van der Waals surface area (Å²) in [5.41, 5.74) is 1.21. The second-order valence-corrected chi connectivity index (χ2v) is 7.58. The molecule has 0 unspecified atom stereocenters. The maximum Gasteiger partial charge on any atom is 0.367 e. The SMILES string of the molecule is CCCC/C(CC)=C(/I)P(=O)(OCC)OCC. The summed E-state index contributed by atoms with van der Waals surface area (Å²) >= 11 is 2.14. The minimum atomic E-state index is -3.06. The third-order valence-corrected chi connectivity index (χ3v) is 6.92. The van der Waals surface area contributed by atoms with Crippen molar-refractivity contribution in [2.45, 2.75) is 53.4 Å². The van der Waals surface area contributed by atoms with E-state index in [1.54, 1.807) is 0 Å². The average Bonchev–Trinajstić information content (AvgIpc) is 2.30. The zero-order valence-corrected chi connectivity index (χ0v) is 14.3. The number of halogens is 1. The fourth-order valence-electron chi connectivity index (χ4n) is 1.50. The maximum atomic E-state index is 12.6. The largest absolute Gasteiger partial charge is 0.367 e. The summed E-state index contributed by atoms with van der Waals surface area (Å²) in [7, 11) is -3.06. The topological polar surface area (TPSA) is 35.5 Å². The van der Waals surface area contributed by atoms with Crippen LogP contribution in [0.25, 0.3) is 0 Å². The molecule has 0 amide bonds. The highest BCUT2D eigenvalue weighted by atomic mass is 127. The second-order valence-electron chi connectivity index (χ2n) is 3.68. The Bertz CT molecular complexity index is 279. The molecule has 0 rings (SSSR count). The molecular weight excluding hydrogens is 350 g/mol. The molecule has 0 aliphatic carbocycles. The number of allylic oxidation sites excluding steroid dienone is 1. The molecule has 0 spiro atoms. The maximum absolute atomic E-state index is 12.6. The first-order valence-corrected chi connectivity index (χ1v) is 8.94. The molecule has 3 nitrogen and oxygen atoms in total. The van der Waals surface area contributed by atoms with Gasteiger partial charge in [0.1, 0.15) is 3.32 Å². The number of hydrogen-bond acceptors (Lipinski definition) is 3. The van der Waals surface area contributed by atoms with Crippen LogP contribution >= 0.6 is 30.2 Å². The Labute approximate surface area is 119 Å². The van der Waals surface area contributed by atoms with Gasteiger partial charge in [-0.1, -0.05) is 20.3 Å². The standard InChI is InChI=1S/C12H24IO3P/c1-5-9-10-11(6-2)12(13)17(14,15-7-3)16-8-4/h5-10H2,1-4H3/b12-11-. The molecule has 0 N–H and O–H groups in total. The van der Waals surface area contributed by atoms with Gasteiger partial charge >= 0.3 is 7.60 Å². The Hall–Kier alpha value is 0.620. The lowest BCUT2D eigenvalue weighted by atomic mass is 10.1. The predicted molar refractivity (Wildman–Crippen MR) is 81.7 cm³/mol. The Balaban J connectivity index is 5.04. The Kier molecular flexibility index (Phi) is 9.88. The van der Waals surface area contributed by atoms with Gasteiger partial charge in [0.05, 0.1) is 13.2 Å². The number of unbranched alkanes of at least 4 members (excludes halogenated alkanes) is 1. The molecule has 102 valence electrons. The van der Waals surface area contributed by atoms with Crippen molar-refractivity contribution in [2.24, 2.45) is 0 Å². The molecule has 0 aromatic heterocycles. The van der Waals surface area contributed by atoms with Crippen LogP contribution in [0.5, 0.6) is 0 Å². The highest BCUT2D eigenvalue weighted by molar-refractivity contribution is 14.1. The summed E-state index contributed by atoms with van der Waals surface area (Å²) in [5, 5.41) is 0. The number of hydrogen-bond donors (Lipinski definition) is 0. The van der Waals surface area contributed by atoms with E-state index >= 15 is 0 Å². The zero-order valence-electron chi connectivity index (χ0n) is 11.3. The van der Waals surface area contributed by atoms with Crippen LogP contribution < -0.4 is 0 Å². The van der Waals surface area contributed by atoms with E-state index in [2.05, 4.69) is 36.4 Å². The molecule has 0 bridgehead atoms. The van der Waals surface area contributed by atoms with Crippen LogP contribution in [-0.4, -0.2) is 13.2 Å². The highest BCUT2D eigenvalue weighted by Gasteiger charge is 2.29. The van der Waals surface area contributed by atoms with Gasteiger partial charge in [-0.2, -0.15) is 0 Å². The lowest BCUT2D eigenvalue weighted by Gasteiger charge is -2.19. The van der Waals surface area contributed by atoms with Crippen molar-refractivity contribution in [1.29, 1.82) is 0 Å². The lowest BCUT2D eigenvalue weighted by Crippen LogP contribution is -1.98. The summed E-state index contributed by atoms with van der Waals surface area (Å²) in [5.74, 6) is 0. The molecule has 0 atom stereocenters. The van der Waals surface area contributed by atoms with Crippen LogP contribution in [0.1, 0.15) is 53.4 Å². The van der Waals surface area contributed by atoms with Gasteiger partial charge in [0, 0.05) is 0 Å². The van der Waals surface area contributed by atoms with Crippen LogP contribution in [0, 0.1) is 0 Å². The van der Waals surface area contributed by atoms with E-state index in [9.17, 15) is 4.57 Å². The summed E-state index contributed by atoms with van der Waals surface area (Å²) in [4.78, 5) is 0. The molecule has 0 saturated carbocycles.